The molecule has 1 atom stereocenters. The van der Waals surface area contributed by atoms with Gasteiger partial charge in [-0.25, -0.2) is 0 Å². The first-order valence-corrected chi connectivity index (χ1v) is 13.6. The van der Waals surface area contributed by atoms with Crippen LogP contribution in [0.15, 0.2) is 78.9 Å². The van der Waals surface area contributed by atoms with Crippen LogP contribution in [0.25, 0.3) is 50.0 Å². The average Bonchev–Trinajstić information content (AvgIpc) is 3.56. The van der Waals surface area contributed by atoms with E-state index >= 15 is 0 Å². The number of nitrogens with zero attached hydrogens (tertiary/aromatic N) is 1. The van der Waals surface area contributed by atoms with Crippen LogP contribution in [-0.4, -0.2) is 4.40 Å². The highest BCUT2D eigenvalue weighted by Crippen LogP contribution is 2.56. The molecule has 9 rings (SSSR count). The molecule has 0 saturated heterocycles. The molecule has 0 N–H and O–H groups in total. The Hall–Kier alpha value is -3.84. The SMILES string of the molecule is CC1(C)c2ccccc2-c2cc3c(cc21)c1cccc2c4c(n3c21)C=C1c2ccccc2C(C)(C)C1C4. The largest absolute Gasteiger partial charge is 0.308 e. The van der Waals surface area contributed by atoms with Gasteiger partial charge in [-0.3, -0.25) is 0 Å². The summed E-state index contributed by atoms with van der Waals surface area (Å²) in [4.78, 5) is 0. The van der Waals surface area contributed by atoms with Crippen molar-refractivity contribution in [3.05, 3.63) is 112 Å². The summed E-state index contributed by atoms with van der Waals surface area (Å²) in [5, 5.41) is 4.21. The molecule has 4 aromatic carbocycles. The number of fused-ring (bicyclic) bond motifs is 12. The molecule has 0 bridgehead atoms. The lowest BCUT2D eigenvalue weighted by Crippen LogP contribution is -2.27. The number of benzene rings is 4. The van der Waals surface area contributed by atoms with E-state index in [0.29, 0.717) is 5.92 Å². The van der Waals surface area contributed by atoms with Crippen molar-refractivity contribution in [2.75, 3.05) is 0 Å². The number of hydrogen-bond acceptors (Lipinski definition) is 0. The molecule has 2 aromatic heterocycles. The lowest BCUT2D eigenvalue weighted by Gasteiger charge is -2.31. The zero-order valence-electron chi connectivity index (χ0n) is 21.8. The Morgan fingerprint density at radius 3 is 2.24 bits per heavy atom. The molecule has 6 aromatic rings. The van der Waals surface area contributed by atoms with E-state index in [1.54, 1.807) is 0 Å². The number of hydrogen-bond donors (Lipinski definition) is 0. The van der Waals surface area contributed by atoms with Crippen molar-refractivity contribution in [2.45, 2.75) is 44.9 Å². The number of aromatic nitrogens is 1. The van der Waals surface area contributed by atoms with Crippen molar-refractivity contribution in [1.82, 2.24) is 4.40 Å². The van der Waals surface area contributed by atoms with Gasteiger partial charge in [0.1, 0.15) is 0 Å². The lowest BCUT2D eigenvalue weighted by atomic mass is 9.72. The zero-order valence-corrected chi connectivity index (χ0v) is 21.8. The van der Waals surface area contributed by atoms with Crippen molar-refractivity contribution in [3.8, 4) is 11.1 Å². The maximum absolute atomic E-state index is 2.60. The molecule has 0 spiro atoms. The molecule has 0 saturated carbocycles. The van der Waals surface area contributed by atoms with Crippen LogP contribution in [0.5, 0.6) is 0 Å². The number of allylic oxidation sites excluding steroid dienone is 1. The Morgan fingerprint density at radius 1 is 0.676 bits per heavy atom. The van der Waals surface area contributed by atoms with Crippen LogP contribution in [0.2, 0.25) is 0 Å². The van der Waals surface area contributed by atoms with E-state index in [4.69, 9.17) is 0 Å². The summed E-state index contributed by atoms with van der Waals surface area (Å²) >= 11 is 0. The van der Waals surface area contributed by atoms with Crippen molar-refractivity contribution < 1.29 is 0 Å². The Morgan fingerprint density at radius 2 is 1.41 bits per heavy atom. The lowest BCUT2D eigenvalue weighted by molar-refractivity contribution is 0.410. The van der Waals surface area contributed by atoms with E-state index in [1.807, 2.05) is 0 Å². The fraction of sp³-hybridized carbons (Fsp3) is 0.222. The molecule has 0 radical (unpaired) electrons. The highest BCUT2D eigenvalue weighted by Gasteiger charge is 2.45. The van der Waals surface area contributed by atoms with Gasteiger partial charge in [-0.2, -0.15) is 0 Å². The van der Waals surface area contributed by atoms with Crippen LogP contribution in [0.1, 0.15) is 61.2 Å². The van der Waals surface area contributed by atoms with Crippen LogP contribution in [0, 0.1) is 5.92 Å². The molecule has 1 unspecified atom stereocenters. The van der Waals surface area contributed by atoms with Crippen LogP contribution in [0.3, 0.4) is 0 Å². The Balaban J connectivity index is 1.41. The van der Waals surface area contributed by atoms with Gasteiger partial charge in [0.05, 0.1) is 16.7 Å². The monoisotopic (exact) mass is 475 g/mol. The molecule has 178 valence electrons. The summed E-state index contributed by atoms with van der Waals surface area (Å²) in [5.41, 5.74) is 16.0. The van der Waals surface area contributed by atoms with Crippen molar-refractivity contribution >= 4 is 38.8 Å². The molecule has 0 aliphatic heterocycles. The second kappa shape index (κ2) is 6.17. The van der Waals surface area contributed by atoms with E-state index < -0.39 is 0 Å². The molecule has 0 amide bonds. The first-order chi connectivity index (χ1) is 17.9. The molecule has 3 aliphatic carbocycles. The van der Waals surface area contributed by atoms with Crippen molar-refractivity contribution in [1.29, 1.82) is 0 Å². The third-order valence-electron chi connectivity index (χ3n) is 10.2. The van der Waals surface area contributed by atoms with Gasteiger partial charge in [0.2, 0.25) is 0 Å². The molecule has 37 heavy (non-hydrogen) atoms. The Bertz CT molecular complexity index is 2010. The van der Waals surface area contributed by atoms with Gasteiger partial charge in [0.15, 0.2) is 0 Å². The maximum atomic E-state index is 2.60. The second-order valence-electron chi connectivity index (χ2n) is 12.6. The summed E-state index contributed by atoms with van der Waals surface area (Å²) < 4.78 is 2.60. The van der Waals surface area contributed by atoms with Crippen LogP contribution in [-0.2, 0) is 17.3 Å². The molecule has 0 fully saturated rings. The highest BCUT2D eigenvalue weighted by molar-refractivity contribution is 6.18. The normalized spacial score (nSPS) is 20.1. The topological polar surface area (TPSA) is 4.41 Å². The van der Waals surface area contributed by atoms with Crippen LogP contribution >= 0.6 is 0 Å². The summed E-state index contributed by atoms with van der Waals surface area (Å²) in [6.07, 6.45) is 3.65. The van der Waals surface area contributed by atoms with Crippen molar-refractivity contribution in [2.24, 2.45) is 5.92 Å². The standard InChI is InChI=1S/C36H29N/c1-35(2)28-14-7-5-10-20(28)24-18-32-26(16-30(24)35)22-12-9-13-23-27-17-31-25(19-33(27)37(32)34(22)23)21-11-6-8-15-29(21)36(31,3)4/h5-16,18-19,31H,17H2,1-4H3. The summed E-state index contributed by atoms with van der Waals surface area (Å²) in [6.45, 7) is 9.64. The van der Waals surface area contributed by atoms with Gasteiger partial charge >= 0.3 is 0 Å². The van der Waals surface area contributed by atoms with E-state index in [0.717, 1.165) is 6.42 Å². The van der Waals surface area contributed by atoms with Gasteiger partial charge in [0.25, 0.3) is 0 Å². The average molecular weight is 476 g/mol. The fourth-order valence-corrected chi connectivity index (χ4v) is 8.35. The maximum Gasteiger partial charge on any atom is 0.0617 e. The third kappa shape index (κ3) is 2.17. The summed E-state index contributed by atoms with van der Waals surface area (Å²) in [5.74, 6) is 0.520. The predicted molar refractivity (Wildman–Crippen MR) is 156 cm³/mol. The highest BCUT2D eigenvalue weighted by atomic mass is 14.9. The number of rotatable bonds is 0. The van der Waals surface area contributed by atoms with Crippen molar-refractivity contribution in [3.63, 3.8) is 0 Å². The minimum absolute atomic E-state index is 0.0138. The Kier molecular flexibility index (Phi) is 3.37. The van der Waals surface area contributed by atoms with E-state index in [1.165, 1.54) is 77.4 Å². The molecule has 3 aliphatic rings. The van der Waals surface area contributed by atoms with Gasteiger partial charge in [-0.1, -0.05) is 94.4 Å². The molecule has 2 heterocycles. The van der Waals surface area contributed by atoms with Gasteiger partial charge < -0.3 is 4.40 Å². The zero-order chi connectivity index (χ0) is 24.8. The quantitative estimate of drug-likeness (QED) is 0.206. The minimum atomic E-state index is 0.0138. The Labute approximate surface area is 217 Å². The predicted octanol–water partition coefficient (Wildman–Crippen LogP) is 8.99. The first-order valence-electron chi connectivity index (χ1n) is 13.6. The molecular formula is C36H29N. The van der Waals surface area contributed by atoms with E-state index in [9.17, 15) is 0 Å². The molecular weight excluding hydrogens is 446 g/mol. The fourth-order valence-electron chi connectivity index (χ4n) is 8.35. The molecule has 1 heteroatoms. The van der Waals surface area contributed by atoms with Crippen LogP contribution in [0.4, 0.5) is 0 Å². The van der Waals surface area contributed by atoms with Gasteiger partial charge in [0, 0.05) is 21.6 Å². The van der Waals surface area contributed by atoms with Gasteiger partial charge in [-0.05, 0) is 80.5 Å². The third-order valence-corrected chi connectivity index (χ3v) is 10.2. The second-order valence-corrected chi connectivity index (χ2v) is 12.6. The smallest absolute Gasteiger partial charge is 0.0617 e. The van der Waals surface area contributed by atoms with E-state index in [2.05, 4.69) is 117 Å². The molecule has 1 nitrogen and oxygen atoms in total. The van der Waals surface area contributed by atoms with Gasteiger partial charge in [-0.15, -0.1) is 0 Å². The number of para-hydroxylation sites is 1. The summed E-state index contributed by atoms with van der Waals surface area (Å²) in [6, 6.07) is 30.1. The first kappa shape index (κ1) is 20.2. The van der Waals surface area contributed by atoms with Crippen LogP contribution < -0.4 is 0 Å². The summed E-state index contributed by atoms with van der Waals surface area (Å²) in [7, 11) is 0. The minimum Gasteiger partial charge on any atom is -0.308 e. The van der Waals surface area contributed by atoms with E-state index in [-0.39, 0.29) is 10.8 Å².